The van der Waals surface area contributed by atoms with Crippen LogP contribution >= 0.6 is 11.6 Å². The number of rotatable bonds is 3. The van der Waals surface area contributed by atoms with Gasteiger partial charge in [-0.3, -0.25) is 4.98 Å². The Kier molecular flexibility index (Phi) is 4.41. The van der Waals surface area contributed by atoms with Gasteiger partial charge < -0.3 is 15.8 Å². The van der Waals surface area contributed by atoms with E-state index in [0.717, 1.165) is 37.1 Å². The number of alkyl halides is 2. The molecular formula is C19H18ClF3N4O. The van der Waals surface area contributed by atoms with Crippen LogP contribution in [0.25, 0.3) is 0 Å². The minimum Gasteiger partial charge on any atom is -0.459 e. The van der Waals surface area contributed by atoms with Crippen molar-refractivity contribution < 1.29 is 17.9 Å². The summed E-state index contributed by atoms with van der Waals surface area (Å²) in [6, 6.07) is 5.34. The molecule has 2 aromatic rings. The molecular weight excluding hydrogens is 393 g/mol. The monoisotopic (exact) mass is 410 g/mol. The molecule has 1 aromatic heterocycles. The van der Waals surface area contributed by atoms with Gasteiger partial charge in [0.15, 0.2) is 12.1 Å². The Bertz CT molecular complexity index is 968. The molecule has 3 N–H and O–H groups in total. The van der Waals surface area contributed by atoms with Gasteiger partial charge in [-0.1, -0.05) is 11.6 Å². The first kappa shape index (κ1) is 18.9. The van der Waals surface area contributed by atoms with Crippen LogP contribution in [0, 0.1) is 5.82 Å². The number of nitrogens with one attached hydrogen (secondary N) is 1. The lowest BCUT2D eigenvalue weighted by Crippen LogP contribution is -2.51. The molecule has 1 aromatic carbocycles. The summed E-state index contributed by atoms with van der Waals surface area (Å²) in [5.41, 5.74) is 5.44. The van der Waals surface area contributed by atoms with E-state index in [1.807, 2.05) is 6.07 Å². The van der Waals surface area contributed by atoms with Gasteiger partial charge in [-0.2, -0.15) is 8.78 Å². The lowest BCUT2D eigenvalue weighted by molar-refractivity contribution is -0.117. The van der Waals surface area contributed by atoms with Gasteiger partial charge in [-0.15, -0.1) is 0 Å². The Morgan fingerprint density at radius 3 is 2.89 bits per heavy atom. The van der Waals surface area contributed by atoms with Crippen LogP contribution in [-0.2, 0) is 16.7 Å². The highest BCUT2D eigenvalue weighted by molar-refractivity contribution is 6.30. The normalized spacial score (nSPS) is 25.6. The Morgan fingerprint density at radius 2 is 2.11 bits per heavy atom. The number of aromatic nitrogens is 1. The summed E-state index contributed by atoms with van der Waals surface area (Å²) in [6.07, 6.45) is 3.13. The first-order valence-corrected chi connectivity index (χ1v) is 9.14. The molecule has 2 heterocycles. The number of halogens is 4. The molecule has 0 bridgehead atoms. The third kappa shape index (κ3) is 3.05. The number of pyridine rings is 1. The number of fused-ring (bicyclic) bond motifs is 1. The van der Waals surface area contributed by atoms with Gasteiger partial charge in [0.25, 0.3) is 6.02 Å². The van der Waals surface area contributed by atoms with E-state index in [9.17, 15) is 13.2 Å². The third-order valence-corrected chi connectivity index (χ3v) is 5.49. The fourth-order valence-electron chi connectivity index (χ4n) is 3.67. The van der Waals surface area contributed by atoms with E-state index < -0.39 is 29.9 Å². The topological polar surface area (TPSA) is 72.5 Å². The van der Waals surface area contributed by atoms with Crippen LogP contribution < -0.4 is 11.1 Å². The predicted octanol–water partition coefficient (Wildman–Crippen LogP) is 4.17. The van der Waals surface area contributed by atoms with Gasteiger partial charge >= 0.3 is 5.92 Å². The number of nitrogens with two attached hydrogens (primary N) is 1. The molecule has 0 spiro atoms. The van der Waals surface area contributed by atoms with Crippen LogP contribution in [0.15, 0.2) is 35.5 Å². The van der Waals surface area contributed by atoms with Crippen LogP contribution in [0.1, 0.15) is 36.2 Å². The van der Waals surface area contributed by atoms with E-state index in [-0.39, 0.29) is 11.6 Å². The summed E-state index contributed by atoms with van der Waals surface area (Å²) < 4.78 is 48.3. The van der Waals surface area contributed by atoms with Crippen molar-refractivity contribution in [2.24, 2.45) is 10.7 Å². The van der Waals surface area contributed by atoms with Crippen molar-refractivity contribution in [2.45, 2.75) is 37.3 Å². The summed E-state index contributed by atoms with van der Waals surface area (Å²) in [6.45, 7) is 0.190. The summed E-state index contributed by atoms with van der Waals surface area (Å²) in [5.74, 6) is -4.21. The van der Waals surface area contributed by atoms with Crippen molar-refractivity contribution in [3.05, 3.63) is 58.1 Å². The van der Waals surface area contributed by atoms with E-state index in [4.69, 9.17) is 17.3 Å². The van der Waals surface area contributed by atoms with E-state index in [0.29, 0.717) is 10.7 Å². The molecule has 0 amide bonds. The zero-order valence-electron chi connectivity index (χ0n) is 15.0. The smallest absolute Gasteiger partial charge is 0.310 e. The highest BCUT2D eigenvalue weighted by Gasteiger charge is 2.56. The van der Waals surface area contributed by atoms with Gasteiger partial charge in [-0.05, 0) is 49.6 Å². The van der Waals surface area contributed by atoms with Gasteiger partial charge in [0, 0.05) is 17.4 Å². The molecule has 5 nitrogen and oxygen atoms in total. The average molecular weight is 411 g/mol. The Morgan fingerprint density at radius 1 is 1.32 bits per heavy atom. The number of hydrogen-bond donors (Lipinski definition) is 2. The van der Waals surface area contributed by atoms with E-state index in [1.165, 1.54) is 12.1 Å². The van der Waals surface area contributed by atoms with E-state index in [1.54, 1.807) is 6.20 Å². The largest absolute Gasteiger partial charge is 0.459 e. The van der Waals surface area contributed by atoms with Crippen LogP contribution in [-0.4, -0.2) is 23.5 Å². The Labute approximate surface area is 164 Å². The number of benzene rings is 1. The van der Waals surface area contributed by atoms with Crippen LogP contribution in [0.4, 0.5) is 18.9 Å². The van der Waals surface area contributed by atoms with Gasteiger partial charge in [0.05, 0.1) is 16.8 Å². The van der Waals surface area contributed by atoms with Crippen molar-refractivity contribution in [2.75, 3.05) is 11.9 Å². The SMILES string of the molecule is CC1(c2cc(NC3CCc4cc(Cl)cnc43)ccc2F)N=C(N)OCC1(F)F. The minimum atomic E-state index is -3.42. The lowest BCUT2D eigenvalue weighted by atomic mass is 9.85. The zero-order valence-corrected chi connectivity index (χ0v) is 15.7. The molecule has 4 rings (SSSR count). The maximum Gasteiger partial charge on any atom is 0.310 e. The Hall–Kier alpha value is -2.48. The molecule has 0 fully saturated rings. The lowest BCUT2D eigenvalue weighted by Gasteiger charge is -2.37. The number of hydrogen-bond acceptors (Lipinski definition) is 5. The highest BCUT2D eigenvalue weighted by atomic mass is 35.5. The number of aryl methyl sites for hydroxylation is 1. The standard InChI is InChI=1S/C19H18ClF3N4O/c1-18(19(22,23)9-28-17(24)27-18)13-7-12(3-4-14(13)21)26-15-5-2-10-6-11(20)8-25-16(10)15/h3-4,6-8,15,26H,2,5,9H2,1H3,(H2,24,27). The van der Waals surface area contributed by atoms with Crippen LogP contribution in [0.2, 0.25) is 5.02 Å². The third-order valence-electron chi connectivity index (χ3n) is 5.28. The quantitative estimate of drug-likeness (QED) is 0.796. The second kappa shape index (κ2) is 6.55. The second-order valence-electron chi connectivity index (χ2n) is 7.14. The van der Waals surface area contributed by atoms with Crippen molar-refractivity contribution in [1.29, 1.82) is 0 Å². The van der Waals surface area contributed by atoms with Gasteiger partial charge in [0.1, 0.15) is 5.82 Å². The minimum absolute atomic E-state index is 0.123. The van der Waals surface area contributed by atoms with Crippen molar-refractivity contribution in [3.63, 3.8) is 0 Å². The van der Waals surface area contributed by atoms with E-state index in [2.05, 4.69) is 20.0 Å². The molecule has 0 saturated heterocycles. The molecule has 0 saturated carbocycles. The molecule has 1 aliphatic heterocycles. The zero-order chi connectivity index (χ0) is 20.1. The highest BCUT2D eigenvalue weighted by Crippen LogP contribution is 2.45. The first-order chi connectivity index (χ1) is 13.2. The first-order valence-electron chi connectivity index (χ1n) is 8.76. The molecule has 148 valence electrons. The maximum absolute atomic E-state index is 14.6. The van der Waals surface area contributed by atoms with Gasteiger partial charge in [-0.25, -0.2) is 9.38 Å². The van der Waals surface area contributed by atoms with Crippen LogP contribution in [0.3, 0.4) is 0 Å². The van der Waals surface area contributed by atoms with E-state index >= 15 is 0 Å². The molecule has 28 heavy (non-hydrogen) atoms. The number of aliphatic imine (C=N–C) groups is 1. The number of nitrogens with zero attached hydrogens (tertiary/aromatic N) is 2. The van der Waals surface area contributed by atoms with Crippen molar-refractivity contribution >= 4 is 23.3 Å². The van der Waals surface area contributed by atoms with Crippen molar-refractivity contribution in [1.82, 2.24) is 4.98 Å². The summed E-state index contributed by atoms with van der Waals surface area (Å²) in [7, 11) is 0. The summed E-state index contributed by atoms with van der Waals surface area (Å²) >= 11 is 5.98. The Balaban J connectivity index is 1.69. The number of anilines is 1. The number of amidine groups is 1. The van der Waals surface area contributed by atoms with Crippen molar-refractivity contribution in [3.8, 4) is 0 Å². The molecule has 2 unspecified atom stereocenters. The second-order valence-corrected chi connectivity index (χ2v) is 7.58. The number of ether oxygens (including phenoxy) is 1. The molecule has 1 aliphatic carbocycles. The molecule has 2 atom stereocenters. The molecule has 9 heteroatoms. The summed E-state index contributed by atoms with van der Waals surface area (Å²) in [4.78, 5) is 8.11. The maximum atomic E-state index is 14.6. The molecule has 0 radical (unpaired) electrons. The molecule has 2 aliphatic rings. The fourth-order valence-corrected chi connectivity index (χ4v) is 3.85. The summed E-state index contributed by atoms with van der Waals surface area (Å²) in [5, 5.41) is 3.81. The van der Waals surface area contributed by atoms with Crippen LogP contribution in [0.5, 0.6) is 0 Å². The average Bonchev–Trinajstić information content (AvgIpc) is 3.02. The van der Waals surface area contributed by atoms with Gasteiger partial charge in [0.2, 0.25) is 0 Å². The fraction of sp³-hybridized carbons (Fsp3) is 0.368. The predicted molar refractivity (Wildman–Crippen MR) is 100 cm³/mol.